The van der Waals surface area contributed by atoms with E-state index in [9.17, 15) is 0 Å². The Labute approximate surface area is 134 Å². The van der Waals surface area contributed by atoms with Crippen LogP contribution in [0.2, 0.25) is 0 Å². The van der Waals surface area contributed by atoms with E-state index in [0.717, 1.165) is 44.3 Å². The molecule has 3 aromatic rings. The van der Waals surface area contributed by atoms with Crippen LogP contribution in [0.1, 0.15) is 19.4 Å². The number of rotatable bonds is 0. The zero-order chi connectivity index (χ0) is 15.6. The summed E-state index contributed by atoms with van der Waals surface area (Å²) in [5.41, 5.74) is 8.63. The van der Waals surface area contributed by atoms with Crippen molar-refractivity contribution >= 4 is 38.8 Å². The minimum absolute atomic E-state index is 0.936. The number of nitrogens with zero attached hydrogens (tertiary/aromatic N) is 2. The lowest BCUT2D eigenvalue weighted by atomic mass is 9.89. The number of fused-ring (bicyclic) bond motifs is 6. The zero-order valence-corrected chi connectivity index (χ0v) is 13.0. The highest BCUT2D eigenvalue weighted by Gasteiger charge is 2.26. The van der Waals surface area contributed by atoms with Gasteiger partial charge in [-0.05, 0) is 32.1 Å². The van der Waals surface area contributed by atoms with Crippen molar-refractivity contribution in [2.24, 2.45) is 4.99 Å². The van der Waals surface area contributed by atoms with Gasteiger partial charge in [0.2, 0.25) is 0 Å². The number of hydrogen-bond acceptors (Lipinski definition) is 2. The lowest BCUT2D eigenvalue weighted by molar-refractivity contribution is 1.33. The zero-order valence-electron chi connectivity index (χ0n) is 13.0. The van der Waals surface area contributed by atoms with Gasteiger partial charge in [0.15, 0.2) is 0 Å². The summed E-state index contributed by atoms with van der Waals surface area (Å²) in [6.07, 6.45) is 5.62. The van der Waals surface area contributed by atoms with Crippen LogP contribution in [-0.4, -0.2) is 10.7 Å². The van der Waals surface area contributed by atoms with Gasteiger partial charge in [0.1, 0.15) is 0 Å². The number of aliphatic imine (C=N–C) groups is 1. The number of para-hydroxylation sites is 1. The highest BCUT2D eigenvalue weighted by atomic mass is 14.8. The fourth-order valence-electron chi connectivity index (χ4n) is 3.30. The fourth-order valence-corrected chi connectivity index (χ4v) is 3.30. The Balaban J connectivity index is 1.84. The third-order valence-corrected chi connectivity index (χ3v) is 4.69. The summed E-state index contributed by atoms with van der Waals surface area (Å²) in [6.45, 7) is 4.20. The molecule has 1 aliphatic heterocycles. The summed E-state index contributed by atoms with van der Waals surface area (Å²) in [6, 6.07) is 14.7. The molecular weight excluding hydrogens is 280 g/mol. The first-order chi connectivity index (χ1) is 11.2. The first-order valence-electron chi connectivity index (χ1n) is 7.79. The van der Waals surface area contributed by atoms with Crippen molar-refractivity contribution in [1.29, 1.82) is 0 Å². The molecule has 23 heavy (non-hydrogen) atoms. The van der Waals surface area contributed by atoms with Gasteiger partial charge in [-0.1, -0.05) is 41.5 Å². The second-order valence-electron chi connectivity index (χ2n) is 6.17. The molecule has 2 aliphatic rings. The molecule has 2 heteroatoms. The predicted molar refractivity (Wildman–Crippen MR) is 95.9 cm³/mol. The van der Waals surface area contributed by atoms with Crippen LogP contribution in [0, 0.1) is 6.42 Å². The molecule has 0 saturated carbocycles. The summed E-state index contributed by atoms with van der Waals surface area (Å²) >= 11 is 0. The van der Waals surface area contributed by atoms with E-state index in [0.29, 0.717) is 0 Å². The Kier molecular flexibility index (Phi) is 2.44. The molecule has 0 N–H and O–H groups in total. The second kappa shape index (κ2) is 4.39. The minimum Gasteiger partial charge on any atom is -0.249 e. The third-order valence-electron chi connectivity index (χ3n) is 4.69. The van der Waals surface area contributed by atoms with E-state index in [1.165, 1.54) is 11.1 Å². The fraction of sp³-hybridized carbons (Fsp3) is 0.0952. The Morgan fingerprint density at radius 1 is 0.957 bits per heavy atom. The van der Waals surface area contributed by atoms with Crippen LogP contribution in [0.5, 0.6) is 0 Å². The van der Waals surface area contributed by atoms with Crippen LogP contribution in [0.15, 0.2) is 64.7 Å². The predicted octanol–water partition coefficient (Wildman–Crippen LogP) is 5.29. The summed E-state index contributed by atoms with van der Waals surface area (Å²) in [5, 5.41) is 2.29. The maximum atomic E-state index is 4.87. The average molecular weight is 294 g/mol. The second-order valence-corrected chi connectivity index (χ2v) is 6.17. The summed E-state index contributed by atoms with van der Waals surface area (Å²) < 4.78 is 0. The van der Waals surface area contributed by atoms with Gasteiger partial charge in [-0.25, -0.2) is 9.98 Å². The molecule has 2 heterocycles. The molecule has 0 saturated heterocycles. The third kappa shape index (κ3) is 1.75. The molecule has 2 aromatic carbocycles. The van der Waals surface area contributed by atoms with Crippen molar-refractivity contribution in [2.45, 2.75) is 13.8 Å². The van der Waals surface area contributed by atoms with Crippen LogP contribution in [0.25, 0.3) is 27.4 Å². The van der Waals surface area contributed by atoms with E-state index in [4.69, 9.17) is 9.98 Å². The quantitative estimate of drug-likeness (QED) is 0.517. The van der Waals surface area contributed by atoms with Crippen molar-refractivity contribution in [2.75, 3.05) is 0 Å². The molecule has 2 nitrogen and oxygen atoms in total. The Morgan fingerprint density at radius 3 is 2.74 bits per heavy atom. The van der Waals surface area contributed by atoms with E-state index in [1.54, 1.807) is 0 Å². The molecule has 1 aliphatic carbocycles. The van der Waals surface area contributed by atoms with E-state index < -0.39 is 0 Å². The van der Waals surface area contributed by atoms with Gasteiger partial charge in [0, 0.05) is 21.9 Å². The largest absolute Gasteiger partial charge is 0.249 e. The molecule has 108 valence electrons. The van der Waals surface area contributed by atoms with Crippen molar-refractivity contribution in [3.05, 3.63) is 71.7 Å². The van der Waals surface area contributed by atoms with Gasteiger partial charge in [0.05, 0.1) is 28.9 Å². The van der Waals surface area contributed by atoms with Crippen molar-refractivity contribution in [3.8, 4) is 0 Å². The minimum atomic E-state index is 0.936. The number of hydrogen-bond donors (Lipinski definition) is 0. The van der Waals surface area contributed by atoms with Crippen molar-refractivity contribution < 1.29 is 0 Å². The molecule has 0 amide bonds. The molecular formula is C21H14N2. The number of benzene rings is 2. The van der Waals surface area contributed by atoms with Crippen LogP contribution < -0.4 is 0 Å². The van der Waals surface area contributed by atoms with Gasteiger partial charge in [-0.15, -0.1) is 0 Å². The van der Waals surface area contributed by atoms with E-state index >= 15 is 0 Å². The van der Waals surface area contributed by atoms with Crippen LogP contribution >= 0.6 is 0 Å². The van der Waals surface area contributed by atoms with E-state index in [1.807, 2.05) is 12.1 Å². The SMILES string of the molecule is CC1=C(C)C=C2C(=Nc3c2ccc2cc4ccccc4nc32)[C]1. The van der Waals surface area contributed by atoms with Gasteiger partial charge in [-0.3, -0.25) is 0 Å². The highest BCUT2D eigenvalue weighted by Crippen LogP contribution is 2.43. The summed E-state index contributed by atoms with van der Waals surface area (Å²) in [4.78, 5) is 9.70. The molecule has 1 aromatic heterocycles. The smallest absolute Gasteiger partial charge is 0.0975 e. The first-order valence-corrected chi connectivity index (χ1v) is 7.79. The molecule has 0 spiro atoms. The maximum absolute atomic E-state index is 4.87. The topological polar surface area (TPSA) is 25.2 Å². The monoisotopic (exact) mass is 294 g/mol. The van der Waals surface area contributed by atoms with Crippen LogP contribution in [0.4, 0.5) is 5.69 Å². The molecule has 0 unspecified atom stereocenters. The lowest BCUT2D eigenvalue weighted by Gasteiger charge is -2.13. The molecule has 0 atom stereocenters. The Hall–Kier alpha value is -2.74. The van der Waals surface area contributed by atoms with Crippen molar-refractivity contribution in [3.63, 3.8) is 0 Å². The normalized spacial score (nSPS) is 16.4. The molecule has 0 bridgehead atoms. The summed E-state index contributed by atoms with van der Waals surface area (Å²) in [7, 11) is 0. The number of allylic oxidation sites excluding steroid dienone is 4. The van der Waals surface area contributed by atoms with Crippen LogP contribution in [0.3, 0.4) is 0 Å². The van der Waals surface area contributed by atoms with E-state index in [-0.39, 0.29) is 0 Å². The highest BCUT2D eigenvalue weighted by molar-refractivity contribution is 6.36. The van der Waals surface area contributed by atoms with Gasteiger partial charge >= 0.3 is 0 Å². The molecule has 0 fully saturated rings. The van der Waals surface area contributed by atoms with Gasteiger partial charge in [0.25, 0.3) is 0 Å². The van der Waals surface area contributed by atoms with Gasteiger partial charge in [-0.2, -0.15) is 0 Å². The lowest BCUT2D eigenvalue weighted by Crippen LogP contribution is -2.05. The van der Waals surface area contributed by atoms with Crippen molar-refractivity contribution in [1.82, 2.24) is 4.98 Å². The summed E-state index contributed by atoms with van der Waals surface area (Å²) in [5.74, 6) is 0. The van der Waals surface area contributed by atoms with Gasteiger partial charge < -0.3 is 0 Å². The first kappa shape index (κ1) is 12.8. The molecule has 5 rings (SSSR count). The average Bonchev–Trinajstić information content (AvgIpc) is 2.91. The van der Waals surface area contributed by atoms with Crippen LogP contribution in [-0.2, 0) is 0 Å². The van der Waals surface area contributed by atoms with E-state index in [2.05, 4.69) is 56.7 Å². The number of aromatic nitrogens is 1. The standard InChI is InChI=1S/C21H14N2/c1-12-9-17-16-8-7-15-11-14-5-3-4-6-18(14)22-20(15)21(16)23-19(17)10-13(12)2/h3-9,11H,1-2H3. The Bertz CT molecular complexity index is 1100. The Morgan fingerprint density at radius 2 is 1.83 bits per heavy atom. The number of pyridine rings is 1. The molecule has 2 radical (unpaired) electrons. The maximum Gasteiger partial charge on any atom is 0.0975 e.